The molecule has 8 heterocycles. The van der Waals surface area contributed by atoms with Crippen LogP contribution in [0.15, 0.2) is 368 Å². The minimum absolute atomic E-state index is 0.906. The second-order valence-electron chi connectivity index (χ2n) is 27.8. The number of fused-ring (bicyclic) bond motifs is 20. The van der Waals surface area contributed by atoms with Crippen LogP contribution in [0.2, 0.25) is 0 Å². The molecular formula is C100H60N4OS3. The molecule has 0 atom stereocenters. The molecule has 0 aliphatic rings. The molecule has 108 heavy (non-hydrogen) atoms. The van der Waals surface area contributed by atoms with Gasteiger partial charge in [-0.1, -0.05) is 243 Å². The van der Waals surface area contributed by atoms with Crippen molar-refractivity contribution in [1.82, 2.24) is 19.1 Å². The quantitative estimate of drug-likeness (QED) is 0.145. The highest BCUT2D eigenvalue weighted by atomic mass is 32.1. The Hall–Kier alpha value is -13.3. The van der Waals surface area contributed by atoms with E-state index in [2.05, 4.69) is 367 Å². The highest BCUT2D eigenvalue weighted by molar-refractivity contribution is 7.27. The van der Waals surface area contributed by atoms with E-state index in [0.717, 1.165) is 106 Å². The zero-order valence-electron chi connectivity index (χ0n) is 58.1. The van der Waals surface area contributed by atoms with Crippen LogP contribution in [0.4, 0.5) is 0 Å². The number of hydrogen-bond acceptors (Lipinski definition) is 6. The number of rotatable bonds is 9. The molecule has 0 N–H and O–H groups in total. The largest absolute Gasteiger partial charge is 0.456 e. The van der Waals surface area contributed by atoms with E-state index in [-0.39, 0.29) is 0 Å². The fourth-order valence-electron chi connectivity index (χ4n) is 16.6. The standard InChI is InChI=1S/C53H32N2S2.C47H28N2OS/c1-2-12-33(13-3-1)34-24-26-35(27-25-34)37-31-44(54-45(32-37)41-20-11-19-40-39-16-5-8-22-48(39)57-53(40)41)36-14-10-15-38(30-36)55-46-21-7-4-17-42(46)51-47(55)28-29-50-52(51)43-18-6-9-23-49(43)56-50;1-2-11-29(12-3-1)32-27-38(48-39(28-32)31-21-24-45-37(26-31)34-15-6-9-20-44(34)51-45)30-13-10-14-33(25-30)49-40-18-7-4-16-35(40)46-41(49)22-23-43-47(46)36-17-5-8-19-42(36)50-43/h1-32H;1-28H. The Labute approximate surface area is 632 Å². The minimum atomic E-state index is 0.906. The van der Waals surface area contributed by atoms with E-state index in [1.165, 1.54) is 110 Å². The van der Waals surface area contributed by atoms with Gasteiger partial charge in [-0.15, -0.1) is 34.0 Å². The van der Waals surface area contributed by atoms with E-state index < -0.39 is 0 Å². The molecule has 8 heteroatoms. The Morgan fingerprint density at radius 2 is 0.630 bits per heavy atom. The summed E-state index contributed by atoms with van der Waals surface area (Å²) in [5.41, 5.74) is 24.0. The van der Waals surface area contributed by atoms with Gasteiger partial charge in [-0.3, -0.25) is 0 Å². The van der Waals surface area contributed by atoms with Gasteiger partial charge in [0.05, 0.1) is 44.8 Å². The summed E-state index contributed by atoms with van der Waals surface area (Å²) in [5.74, 6) is 0. The van der Waals surface area contributed by atoms with E-state index in [1.54, 1.807) is 0 Å². The Balaban J connectivity index is 0.000000135. The average Bonchev–Trinajstić information content (AvgIpc) is 1.56. The van der Waals surface area contributed by atoms with Gasteiger partial charge in [-0.25, -0.2) is 9.97 Å². The summed E-state index contributed by atoms with van der Waals surface area (Å²) in [7, 11) is 0. The Bertz CT molecular complexity index is 7560. The van der Waals surface area contributed by atoms with Gasteiger partial charge in [0.2, 0.25) is 0 Å². The number of hydrogen-bond donors (Lipinski definition) is 0. The number of thiophene rings is 3. The van der Waals surface area contributed by atoms with Gasteiger partial charge in [0.15, 0.2) is 0 Å². The molecule has 0 spiro atoms. The minimum Gasteiger partial charge on any atom is -0.456 e. The van der Waals surface area contributed by atoms with Gasteiger partial charge < -0.3 is 13.6 Å². The number of para-hydroxylation sites is 3. The normalized spacial score (nSPS) is 11.9. The molecule has 0 amide bonds. The van der Waals surface area contributed by atoms with Crippen molar-refractivity contribution in [3.05, 3.63) is 364 Å². The molecule has 5 nitrogen and oxygen atoms in total. The zero-order chi connectivity index (χ0) is 70.9. The van der Waals surface area contributed by atoms with Crippen LogP contribution in [0.3, 0.4) is 0 Å². The summed E-state index contributed by atoms with van der Waals surface area (Å²) in [6, 6.07) is 131. The van der Waals surface area contributed by atoms with Crippen molar-refractivity contribution in [1.29, 1.82) is 0 Å². The van der Waals surface area contributed by atoms with Crippen molar-refractivity contribution >= 4 is 160 Å². The predicted molar refractivity (Wildman–Crippen MR) is 461 cm³/mol. The summed E-state index contributed by atoms with van der Waals surface area (Å²) >= 11 is 5.56. The lowest BCUT2D eigenvalue weighted by Crippen LogP contribution is -1.96. The van der Waals surface area contributed by atoms with Crippen molar-refractivity contribution in [3.8, 4) is 89.8 Å². The number of pyridine rings is 2. The first-order chi connectivity index (χ1) is 53.5. The molecule has 0 saturated heterocycles. The third-order valence-corrected chi connectivity index (χ3v) is 25.1. The fraction of sp³-hybridized carbons (Fsp3) is 0. The smallest absolute Gasteiger partial charge is 0.136 e. The first kappa shape index (κ1) is 62.1. The molecule has 0 radical (unpaired) electrons. The molecule has 504 valence electrons. The molecule has 0 aliphatic carbocycles. The number of nitrogens with zero attached hydrogens (tertiary/aromatic N) is 4. The molecule has 23 aromatic rings. The van der Waals surface area contributed by atoms with Crippen LogP contribution in [0, 0.1) is 0 Å². The maximum Gasteiger partial charge on any atom is 0.136 e. The number of aromatic nitrogens is 4. The maximum absolute atomic E-state index is 6.32. The Morgan fingerprint density at radius 1 is 0.213 bits per heavy atom. The first-order valence-corrected chi connectivity index (χ1v) is 38.9. The number of furan rings is 1. The van der Waals surface area contributed by atoms with Crippen LogP contribution >= 0.6 is 34.0 Å². The molecule has 23 rings (SSSR count). The van der Waals surface area contributed by atoms with Gasteiger partial charge in [-0.2, -0.15) is 0 Å². The van der Waals surface area contributed by atoms with E-state index in [1.807, 2.05) is 40.1 Å². The summed E-state index contributed by atoms with van der Waals surface area (Å²) in [4.78, 5) is 10.9. The molecule has 0 fully saturated rings. The first-order valence-electron chi connectivity index (χ1n) is 36.5. The van der Waals surface area contributed by atoms with Crippen molar-refractivity contribution < 1.29 is 4.42 Å². The molecule has 0 aliphatic heterocycles. The topological polar surface area (TPSA) is 48.8 Å². The lowest BCUT2D eigenvalue weighted by Gasteiger charge is -2.13. The predicted octanol–water partition coefficient (Wildman–Crippen LogP) is 29.0. The van der Waals surface area contributed by atoms with Gasteiger partial charge in [-0.05, 0) is 155 Å². The monoisotopic (exact) mass is 1430 g/mol. The van der Waals surface area contributed by atoms with E-state index >= 15 is 0 Å². The summed E-state index contributed by atoms with van der Waals surface area (Å²) in [6.07, 6.45) is 0. The molecule has 0 bridgehead atoms. The van der Waals surface area contributed by atoms with E-state index in [0.29, 0.717) is 0 Å². The summed E-state index contributed by atoms with van der Waals surface area (Å²) in [5, 5.41) is 15.1. The Morgan fingerprint density at radius 3 is 1.28 bits per heavy atom. The average molecular weight is 1430 g/mol. The lowest BCUT2D eigenvalue weighted by atomic mass is 9.97. The van der Waals surface area contributed by atoms with Crippen LogP contribution in [-0.2, 0) is 0 Å². The third-order valence-electron chi connectivity index (χ3n) is 21.6. The van der Waals surface area contributed by atoms with Crippen LogP contribution in [0.5, 0.6) is 0 Å². The summed E-state index contributed by atoms with van der Waals surface area (Å²) < 4.78 is 18.9. The molecule has 15 aromatic carbocycles. The highest BCUT2D eigenvalue weighted by Crippen LogP contribution is 2.48. The van der Waals surface area contributed by atoms with Crippen LogP contribution in [-0.4, -0.2) is 19.1 Å². The van der Waals surface area contributed by atoms with Crippen molar-refractivity contribution in [2.45, 2.75) is 0 Å². The number of benzene rings is 15. The van der Waals surface area contributed by atoms with Gasteiger partial charge in [0.1, 0.15) is 11.2 Å². The van der Waals surface area contributed by atoms with Crippen LogP contribution in [0.1, 0.15) is 0 Å². The lowest BCUT2D eigenvalue weighted by molar-refractivity contribution is 0.669. The van der Waals surface area contributed by atoms with Crippen molar-refractivity contribution in [2.24, 2.45) is 0 Å². The molecular weight excluding hydrogens is 1370 g/mol. The van der Waals surface area contributed by atoms with Crippen LogP contribution < -0.4 is 0 Å². The third kappa shape index (κ3) is 10.2. The van der Waals surface area contributed by atoms with Crippen molar-refractivity contribution in [3.63, 3.8) is 0 Å². The van der Waals surface area contributed by atoms with E-state index in [4.69, 9.17) is 14.4 Å². The maximum atomic E-state index is 6.32. The fourth-order valence-corrected chi connectivity index (χ4v) is 20.1. The highest BCUT2D eigenvalue weighted by Gasteiger charge is 2.23. The van der Waals surface area contributed by atoms with Gasteiger partial charge in [0.25, 0.3) is 0 Å². The second-order valence-corrected chi connectivity index (χ2v) is 31.0. The van der Waals surface area contributed by atoms with Crippen LogP contribution in [0.25, 0.3) is 216 Å². The molecule has 0 unspecified atom stereocenters. The SMILES string of the molecule is c1ccc(-c2cc(-c3cccc(-n4c5ccccc5c5c6c(ccc54)oc4ccccc46)c3)nc(-c3ccc4sc5ccccc5c4c3)c2)cc1.c1ccc(-c2ccc(-c3cc(-c4cccc(-n5c6ccccc6c6c7c(ccc65)sc5ccccc57)c4)nc(-c4cccc5c4sc4ccccc45)c3)cc2)cc1. The molecule has 8 aromatic heterocycles. The molecule has 0 saturated carbocycles. The van der Waals surface area contributed by atoms with Crippen molar-refractivity contribution in [2.75, 3.05) is 0 Å². The van der Waals surface area contributed by atoms with Gasteiger partial charge >= 0.3 is 0 Å². The summed E-state index contributed by atoms with van der Waals surface area (Å²) in [6.45, 7) is 0. The Kier molecular flexibility index (Phi) is 14.5. The van der Waals surface area contributed by atoms with E-state index in [9.17, 15) is 0 Å². The zero-order valence-corrected chi connectivity index (χ0v) is 60.5. The van der Waals surface area contributed by atoms with Gasteiger partial charge in [0, 0.05) is 126 Å². The second kappa shape index (κ2) is 25.2.